The van der Waals surface area contributed by atoms with E-state index < -0.39 is 0 Å². The summed E-state index contributed by atoms with van der Waals surface area (Å²) in [7, 11) is 0. The second-order valence-electron chi connectivity index (χ2n) is 8.81. The van der Waals surface area contributed by atoms with Crippen molar-refractivity contribution in [1.29, 1.82) is 0 Å². The highest BCUT2D eigenvalue weighted by molar-refractivity contribution is 9.10. The van der Waals surface area contributed by atoms with Gasteiger partial charge in [0.1, 0.15) is 0 Å². The van der Waals surface area contributed by atoms with Crippen LogP contribution in [-0.4, -0.2) is 37.6 Å². The van der Waals surface area contributed by atoms with Gasteiger partial charge in [0.15, 0.2) is 11.0 Å². The molecule has 0 saturated carbocycles. The Morgan fingerprint density at radius 3 is 2.37 bits per heavy atom. The van der Waals surface area contributed by atoms with Crippen LogP contribution in [0.25, 0.3) is 17.1 Å². The third kappa shape index (κ3) is 6.43. The average Bonchev–Trinajstić information content (AvgIpc) is 3.27. The molecule has 0 aliphatic rings. The Morgan fingerprint density at radius 2 is 1.71 bits per heavy atom. The van der Waals surface area contributed by atoms with Crippen LogP contribution in [0.5, 0.6) is 0 Å². The predicted octanol–water partition coefficient (Wildman–Crippen LogP) is 5.63. The van der Waals surface area contributed by atoms with Crippen LogP contribution in [-0.2, 0) is 10.2 Å². The Bertz CT molecular complexity index is 1310. The smallest absolute Gasteiger partial charge is 0.250 e. The molecule has 0 radical (unpaired) electrons. The standard InChI is InChI=1S/C26H25BrN6OS/c1-26(2,3)20-6-4-18(5-7-20)16-29-30-23(34)17-35-25-32-31-24(19-12-14-28-15-13-19)33(25)22-10-8-21(27)9-11-22/h4-16H,17H2,1-3H3,(H,30,34)/b29-16-. The molecule has 35 heavy (non-hydrogen) atoms. The summed E-state index contributed by atoms with van der Waals surface area (Å²) in [6.45, 7) is 6.52. The zero-order valence-corrected chi connectivity index (χ0v) is 22.0. The quantitative estimate of drug-likeness (QED) is 0.184. The average molecular weight is 549 g/mol. The van der Waals surface area contributed by atoms with E-state index in [1.807, 2.05) is 53.1 Å². The molecule has 0 aliphatic heterocycles. The summed E-state index contributed by atoms with van der Waals surface area (Å²) in [4.78, 5) is 16.5. The number of benzene rings is 2. The number of hydrogen-bond acceptors (Lipinski definition) is 6. The molecule has 2 aromatic heterocycles. The number of pyridine rings is 1. The monoisotopic (exact) mass is 548 g/mol. The molecular formula is C26H25BrN6OS. The molecule has 2 heterocycles. The Kier molecular flexibility index (Phi) is 7.77. The van der Waals surface area contributed by atoms with Gasteiger partial charge >= 0.3 is 0 Å². The van der Waals surface area contributed by atoms with Crippen LogP contribution in [0.3, 0.4) is 0 Å². The fourth-order valence-electron chi connectivity index (χ4n) is 3.28. The van der Waals surface area contributed by atoms with E-state index in [1.165, 1.54) is 17.3 Å². The van der Waals surface area contributed by atoms with Gasteiger partial charge < -0.3 is 0 Å². The summed E-state index contributed by atoms with van der Waals surface area (Å²) in [5.74, 6) is 0.591. The summed E-state index contributed by atoms with van der Waals surface area (Å²) < 4.78 is 2.90. The number of nitrogens with zero attached hydrogens (tertiary/aromatic N) is 5. The molecule has 2 aromatic carbocycles. The minimum absolute atomic E-state index is 0.0924. The van der Waals surface area contributed by atoms with E-state index in [1.54, 1.807) is 18.6 Å². The topological polar surface area (TPSA) is 85.1 Å². The van der Waals surface area contributed by atoms with Gasteiger partial charge in [0, 0.05) is 28.1 Å². The van der Waals surface area contributed by atoms with E-state index in [4.69, 9.17) is 0 Å². The Hall–Kier alpha value is -3.30. The maximum Gasteiger partial charge on any atom is 0.250 e. The highest BCUT2D eigenvalue weighted by Gasteiger charge is 2.17. The molecular weight excluding hydrogens is 524 g/mol. The zero-order chi connectivity index (χ0) is 24.8. The van der Waals surface area contributed by atoms with E-state index in [0.29, 0.717) is 11.0 Å². The van der Waals surface area contributed by atoms with Crippen LogP contribution in [0.1, 0.15) is 31.9 Å². The minimum atomic E-state index is -0.228. The lowest BCUT2D eigenvalue weighted by molar-refractivity contribution is -0.118. The van der Waals surface area contributed by atoms with Gasteiger partial charge in [0.2, 0.25) is 0 Å². The van der Waals surface area contributed by atoms with E-state index in [9.17, 15) is 4.79 Å². The lowest BCUT2D eigenvalue weighted by Gasteiger charge is -2.18. The van der Waals surface area contributed by atoms with Crippen molar-refractivity contribution in [3.63, 3.8) is 0 Å². The molecule has 0 spiro atoms. The number of nitrogens with one attached hydrogen (secondary N) is 1. The molecule has 0 fully saturated rings. The number of carbonyl (C=O) groups excluding carboxylic acids is 1. The molecule has 0 saturated heterocycles. The number of thioether (sulfide) groups is 1. The number of rotatable bonds is 7. The van der Waals surface area contributed by atoms with E-state index >= 15 is 0 Å². The van der Waals surface area contributed by atoms with Gasteiger partial charge in [-0.15, -0.1) is 10.2 Å². The normalized spacial score (nSPS) is 11.7. The molecule has 4 aromatic rings. The number of aromatic nitrogens is 4. The van der Waals surface area contributed by atoms with E-state index in [2.05, 4.69) is 74.5 Å². The highest BCUT2D eigenvalue weighted by atomic mass is 79.9. The number of halogens is 1. The summed E-state index contributed by atoms with van der Waals surface area (Å²) in [6, 6.07) is 19.7. The fourth-order valence-corrected chi connectivity index (χ4v) is 4.29. The second kappa shape index (κ2) is 11.0. The van der Waals surface area contributed by atoms with Gasteiger partial charge in [0.05, 0.1) is 12.0 Å². The lowest BCUT2D eigenvalue weighted by atomic mass is 9.87. The van der Waals surface area contributed by atoms with Crippen molar-refractivity contribution in [3.05, 3.63) is 88.7 Å². The van der Waals surface area contributed by atoms with Crippen LogP contribution in [0, 0.1) is 0 Å². The van der Waals surface area contributed by atoms with Gasteiger partial charge in [0.25, 0.3) is 5.91 Å². The molecule has 0 bridgehead atoms. The van der Waals surface area contributed by atoms with Gasteiger partial charge in [-0.1, -0.05) is 72.7 Å². The third-order valence-corrected chi connectivity index (χ3v) is 6.63. The van der Waals surface area contributed by atoms with Crippen LogP contribution in [0.4, 0.5) is 0 Å². The maximum absolute atomic E-state index is 12.4. The van der Waals surface area contributed by atoms with Gasteiger partial charge in [-0.2, -0.15) is 5.10 Å². The molecule has 0 aliphatic carbocycles. The van der Waals surface area contributed by atoms with Crippen LogP contribution in [0.2, 0.25) is 0 Å². The molecule has 0 atom stereocenters. The predicted molar refractivity (Wildman–Crippen MR) is 144 cm³/mol. The van der Waals surface area contributed by atoms with Crippen molar-refractivity contribution in [3.8, 4) is 17.1 Å². The van der Waals surface area contributed by atoms with Gasteiger partial charge in [-0.05, 0) is 52.9 Å². The highest BCUT2D eigenvalue weighted by Crippen LogP contribution is 2.28. The second-order valence-corrected chi connectivity index (χ2v) is 10.7. The lowest BCUT2D eigenvalue weighted by Crippen LogP contribution is -2.20. The first-order valence-electron chi connectivity index (χ1n) is 11.0. The molecule has 1 N–H and O–H groups in total. The van der Waals surface area contributed by atoms with Crippen molar-refractivity contribution >= 4 is 39.8 Å². The zero-order valence-electron chi connectivity index (χ0n) is 19.6. The first kappa shape index (κ1) is 24.8. The third-order valence-electron chi connectivity index (χ3n) is 5.17. The first-order chi connectivity index (χ1) is 16.8. The SMILES string of the molecule is CC(C)(C)c1ccc(/C=N\NC(=O)CSc2nnc(-c3ccncc3)n2-c2ccc(Br)cc2)cc1. The Morgan fingerprint density at radius 1 is 1.03 bits per heavy atom. The largest absolute Gasteiger partial charge is 0.272 e. The molecule has 7 nitrogen and oxygen atoms in total. The molecule has 178 valence electrons. The number of hydrogen-bond donors (Lipinski definition) is 1. The van der Waals surface area contributed by atoms with Crippen molar-refractivity contribution in [2.24, 2.45) is 5.10 Å². The molecule has 1 amide bonds. The summed E-state index contributed by atoms with van der Waals surface area (Å²) in [5.41, 5.74) is 6.62. The molecule has 0 unspecified atom stereocenters. The number of amides is 1. The fraction of sp³-hybridized carbons (Fsp3) is 0.192. The summed E-state index contributed by atoms with van der Waals surface area (Å²) >= 11 is 4.77. The van der Waals surface area contributed by atoms with E-state index in [0.717, 1.165) is 21.3 Å². The molecule has 4 rings (SSSR count). The van der Waals surface area contributed by atoms with Crippen LogP contribution in [0.15, 0.2) is 87.8 Å². The summed E-state index contributed by atoms with van der Waals surface area (Å²) in [5, 5.41) is 13.4. The number of carbonyl (C=O) groups is 1. The van der Waals surface area contributed by atoms with Gasteiger partial charge in [-0.3, -0.25) is 14.3 Å². The van der Waals surface area contributed by atoms with Gasteiger partial charge in [-0.25, -0.2) is 5.43 Å². The summed E-state index contributed by atoms with van der Waals surface area (Å²) in [6.07, 6.45) is 5.07. The number of hydrazone groups is 1. The molecule has 9 heteroatoms. The Labute approximate surface area is 217 Å². The van der Waals surface area contributed by atoms with Crippen molar-refractivity contribution in [1.82, 2.24) is 25.2 Å². The van der Waals surface area contributed by atoms with Crippen molar-refractivity contribution in [2.75, 3.05) is 5.75 Å². The van der Waals surface area contributed by atoms with Crippen molar-refractivity contribution in [2.45, 2.75) is 31.3 Å². The first-order valence-corrected chi connectivity index (χ1v) is 12.8. The Balaban J connectivity index is 1.44. The van der Waals surface area contributed by atoms with E-state index in [-0.39, 0.29) is 17.1 Å². The maximum atomic E-state index is 12.4. The van der Waals surface area contributed by atoms with Crippen LogP contribution < -0.4 is 5.43 Å². The minimum Gasteiger partial charge on any atom is -0.272 e. The van der Waals surface area contributed by atoms with Crippen molar-refractivity contribution < 1.29 is 4.79 Å². The van der Waals surface area contributed by atoms with Crippen LogP contribution >= 0.6 is 27.7 Å².